The first-order valence-electron chi connectivity index (χ1n) is 13.6. The number of alkyl halides is 3. The summed E-state index contributed by atoms with van der Waals surface area (Å²) < 4.78 is 64.6. The lowest BCUT2D eigenvalue weighted by Crippen LogP contribution is -2.42. The molecule has 2 aromatic heterocycles. The zero-order chi connectivity index (χ0) is 31.6. The van der Waals surface area contributed by atoms with Crippen LogP contribution in [0.3, 0.4) is 0 Å². The van der Waals surface area contributed by atoms with Crippen molar-refractivity contribution in [2.75, 3.05) is 6.54 Å². The maximum absolute atomic E-state index is 14.5. The second-order valence-corrected chi connectivity index (χ2v) is 12.0. The van der Waals surface area contributed by atoms with Crippen molar-refractivity contribution in [2.24, 2.45) is 5.16 Å². The van der Waals surface area contributed by atoms with Gasteiger partial charge in [-0.25, -0.2) is 4.39 Å². The molecular weight excluding hydrogens is 624 g/mol. The van der Waals surface area contributed by atoms with E-state index in [1.54, 1.807) is 22.7 Å². The maximum atomic E-state index is 14.5. The summed E-state index contributed by atoms with van der Waals surface area (Å²) in [5.74, 6) is -1.42. The Morgan fingerprint density at radius 2 is 1.86 bits per heavy atom. The molecule has 1 unspecified atom stereocenters. The molecular formula is C30H24BCl2F4N3O4. The number of hydrogen-bond acceptors (Lipinski definition) is 5. The monoisotopic (exact) mass is 647 g/mol. The van der Waals surface area contributed by atoms with Crippen LogP contribution in [0.2, 0.25) is 10.0 Å². The van der Waals surface area contributed by atoms with Crippen molar-refractivity contribution in [3.8, 4) is 0 Å². The van der Waals surface area contributed by atoms with E-state index in [1.165, 1.54) is 12.1 Å². The number of amides is 1. The lowest BCUT2D eigenvalue weighted by Gasteiger charge is -2.29. The third-order valence-electron chi connectivity index (χ3n) is 8.00. The van der Waals surface area contributed by atoms with Gasteiger partial charge in [-0.3, -0.25) is 4.79 Å². The van der Waals surface area contributed by atoms with Crippen molar-refractivity contribution in [2.45, 2.75) is 44.1 Å². The average molecular weight is 648 g/mol. The summed E-state index contributed by atoms with van der Waals surface area (Å²) in [6.07, 6.45) is -3.61. The molecule has 7 nitrogen and oxygen atoms in total. The number of benzene rings is 2. The molecule has 1 atom stereocenters. The van der Waals surface area contributed by atoms with E-state index in [0.29, 0.717) is 29.5 Å². The van der Waals surface area contributed by atoms with Gasteiger partial charge in [0, 0.05) is 18.3 Å². The Bertz CT molecular complexity index is 1820. The Morgan fingerprint density at radius 3 is 2.57 bits per heavy atom. The fourth-order valence-electron chi connectivity index (χ4n) is 5.74. The van der Waals surface area contributed by atoms with Crippen LogP contribution in [0.1, 0.15) is 53.0 Å². The van der Waals surface area contributed by atoms with E-state index < -0.39 is 52.3 Å². The van der Waals surface area contributed by atoms with Gasteiger partial charge in [0.1, 0.15) is 5.71 Å². The van der Waals surface area contributed by atoms with Crippen LogP contribution in [0, 0.1) is 5.82 Å². The third-order valence-corrected chi connectivity index (χ3v) is 8.55. The molecule has 0 aliphatic carbocycles. The number of carbonyl (C=O) groups is 1. The van der Waals surface area contributed by atoms with Gasteiger partial charge in [0.25, 0.3) is 11.5 Å². The van der Waals surface area contributed by atoms with Crippen molar-refractivity contribution in [1.82, 2.24) is 9.72 Å². The molecule has 0 fully saturated rings. The average Bonchev–Trinajstić information content (AvgIpc) is 3.68. The second-order valence-electron chi connectivity index (χ2n) is 11.2. The summed E-state index contributed by atoms with van der Waals surface area (Å²) in [5.41, 5.74) is -0.550. The molecule has 4 heterocycles. The van der Waals surface area contributed by atoms with Gasteiger partial charge in [0.05, 0.1) is 38.8 Å². The van der Waals surface area contributed by atoms with Gasteiger partial charge in [-0.1, -0.05) is 46.6 Å². The second kappa shape index (κ2) is 10.8. The van der Waals surface area contributed by atoms with Gasteiger partial charge >= 0.3 is 13.3 Å². The predicted molar refractivity (Wildman–Crippen MR) is 158 cm³/mol. The Morgan fingerprint density at radius 1 is 1.14 bits per heavy atom. The standard InChI is InChI=1S/C30H24BCl2F4N3O4/c1-28(2)19-7-5-16(12-20(19)31(42)43-28)9-10-38-27(41)18-6-8-25(40-11-3-4-24(18)40)23-15-29(44-39-23,30(35,36)37)17-13-21(32)26(34)22(33)14-17/h3-8,11-14,42H,9-10,15H2,1-2H3,(H,38,41). The highest BCUT2D eigenvalue weighted by atomic mass is 35.5. The van der Waals surface area contributed by atoms with Crippen LogP contribution < -0.4 is 10.8 Å². The molecule has 0 bridgehead atoms. The Kier molecular flexibility index (Phi) is 7.47. The summed E-state index contributed by atoms with van der Waals surface area (Å²) in [5, 5.41) is 15.7. The van der Waals surface area contributed by atoms with Crippen LogP contribution in [0.5, 0.6) is 0 Å². The van der Waals surface area contributed by atoms with Gasteiger partial charge in [-0.05, 0) is 73.3 Å². The number of fused-ring (bicyclic) bond motifs is 2. The minimum atomic E-state index is -4.96. The molecule has 0 spiro atoms. The molecule has 6 rings (SSSR count). The quantitative estimate of drug-likeness (QED) is 0.155. The van der Waals surface area contributed by atoms with Crippen LogP contribution in [-0.2, 0) is 27.1 Å². The first-order valence-corrected chi connectivity index (χ1v) is 14.3. The Balaban J connectivity index is 1.21. The van der Waals surface area contributed by atoms with E-state index in [9.17, 15) is 27.4 Å². The highest BCUT2D eigenvalue weighted by Crippen LogP contribution is 2.50. The topological polar surface area (TPSA) is 84.6 Å². The minimum Gasteiger partial charge on any atom is -0.423 e. The molecule has 2 aliphatic rings. The molecule has 2 aromatic carbocycles. The number of aromatic nitrogens is 1. The van der Waals surface area contributed by atoms with Crippen LogP contribution >= 0.6 is 23.2 Å². The summed E-state index contributed by atoms with van der Waals surface area (Å²) in [4.78, 5) is 18.2. The molecule has 2 N–H and O–H groups in total. The highest BCUT2D eigenvalue weighted by Gasteiger charge is 2.62. The van der Waals surface area contributed by atoms with Gasteiger partial charge < -0.3 is 24.2 Å². The van der Waals surface area contributed by atoms with E-state index in [1.807, 2.05) is 32.0 Å². The van der Waals surface area contributed by atoms with E-state index in [2.05, 4.69) is 10.5 Å². The van der Waals surface area contributed by atoms with Gasteiger partial charge in [-0.2, -0.15) is 13.2 Å². The van der Waals surface area contributed by atoms with Gasteiger partial charge in [0.2, 0.25) is 0 Å². The number of nitrogens with zero attached hydrogens (tertiary/aromatic N) is 2. The lowest BCUT2D eigenvalue weighted by molar-refractivity contribution is -0.275. The van der Waals surface area contributed by atoms with Gasteiger partial charge in [0.15, 0.2) is 5.82 Å². The molecule has 1 amide bonds. The SMILES string of the molecule is CC1(C)OB(O)c2cc(CCNC(=O)c3ccc(C4=NOC(c5cc(Cl)c(F)c(Cl)c5)(C(F)(F)F)C4)n4cccc34)ccc21. The number of halogens is 6. The van der Waals surface area contributed by atoms with Crippen LogP contribution in [0.25, 0.3) is 5.52 Å². The number of oxime groups is 1. The molecule has 44 heavy (non-hydrogen) atoms. The number of hydrogen-bond donors (Lipinski definition) is 2. The molecule has 0 saturated carbocycles. The molecule has 228 valence electrons. The normalized spacial score (nSPS) is 19.2. The maximum Gasteiger partial charge on any atom is 0.492 e. The minimum absolute atomic E-state index is 0.0435. The van der Waals surface area contributed by atoms with Crippen molar-refractivity contribution in [1.29, 1.82) is 0 Å². The Hall–Kier alpha value is -3.58. The Labute approximate surface area is 259 Å². The summed E-state index contributed by atoms with van der Waals surface area (Å²) in [6, 6.07) is 13.7. The number of nitrogens with one attached hydrogen (secondary N) is 1. The molecule has 2 aliphatic heterocycles. The van der Waals surface area contributed by atoms with Crippen LogP contribution in [0.4, 0.5) is 17.6 Å². The summed E-state index contributed by atoms with van der Waals surface area (Å²) in [6.45, 7) is 4.06. The zero-order valence-corrected chi connectivity index (χ0v) is 24.8. The van der Waals surface area contributed by atoms with E-state index in [0.717, 1.165) is 23.3 Å². The zero-order valence-electron chi connectivity index (χ0n) is 23.3. The first kappa shape index (κ1) is 30.5. The van der Waals surface area contributed by atoms with Crippen molar-refractivity contribution in [3.05, 3.63) is 105 Å². The van der Waals surface area contributed by atoms with Crippen molar-refractivity contribution >= 4 is 52.9 Å². The molecule has 0 radical (unpaired) electrons. The van der Waals surface area contributed by atoms with E-state index >= 15 is 0 Å². The van der Waals surface area contributed by atoms with Crippen molar-refractivity contribution < 1.29 is 36.9 Å². The lowest BCUT2D eigenvalue weighted by atomic mass is 9.77. The fourth-order valence-corrected chi connectivity index (χ4v) is 6.22. The fraction of sp³-hybridized carbons (Fsp3) is 0.267. The molecule has 0 saturated heterocycles. The number of pyridine rings is 1. The third kappa shape index (κ3) is 5.03. The molecule has 4 aromatic rings. The largest absolute Gasteiger partial charge is 0.492 e. The summed E-state index contributed by atoms with van der Waals surface area (Å²) in [7, 11) is -1.02. The van der Waals surface area contributed by atoms with E-state index in [4.69, 9.17) is 32.7 Å². The van der Waals surface area contributed by atoms with Crippen LogP contribution in [-0.4, -0.2) is 40.9 Å². The smallest absolute Gasteiger partial charge is 0.423 e. The number of rotatable bonds is 6. The predicted octanol–water partition coefficient (Wildman–Crippen LogP) is 5.89. The van der Waals surface area contributed by atoms with Crippen LogP contribution in [0.15, 0.2) is 65.9 Å². The van der Waals surface area contributed by atoms with Crippen molar-refractivity contribution in [3.63, 3.8) is 0 Å². The number of carbonyl (C=O) groups excluding carboxylic acids is 1. The summed E-state index contributed by atoms with van der Waals surface area (Å²) >= 11 is 11.6. The molecule has 14 heteroatoms. The first-order chi connectivity index (χ1) is 20.7. The highest BCUT2D eigenvalue weighted by molar-refractivity contribution is 6.62. The van der Waals surface area contributed by atoms with E-state index in [-0.39, 0.29) is 17.3 Å². The van der Waals surface area contributed by atoms with Gasteiger partial charge in [-0.15, -0.1) is 0 Å².